The molecule has 0 spiro atoms. The first-order chi connectivity index (χ1) is 14.9. The molecule has 2 aromatic carbocycles. The summed E-state index contributed by atoms with van der Waals surface area (Å²) >= 11 is 1.35. The molecule has 3 aromatic rings. The van der Waals surface area contributed by atoms with Gasteiger partial charge < -0.3 is 14.6 Å². The van der Waals surface area contributed by atoms with Crippen molar-refractivity contribution in [3.05, 3.63) is 82.0 Å². The molecule has 1 aliphatic heterocycles. The molecule has 1 aliphatic rings. The number of nitrogens with one attached hydrogen (secondary N) is 1. The molecule has 1 N–H and O–H groups in total. The first kappa shape index (κ1) is 21.0. The van der Waals surface area contributed by atoms with Crippen LogP contribution in [0.1, 0.15) is 29.4 Å². The number of amidine groups is 1. The summed E-state index contributed by atoms with van der Waals surface area (Å²) in [6, 6.07) is 18.1. The number of benzene rings is 2. The minimum Gasteiger partial charge on any atom is -0.494 e. The monoisotopic (exact) mass is 431 g/mol. The second-order valence-electron chi connectivity index (χ2n) is 7.41. The van der Waals surface area contributed by atoms with Crippen molar-refractivity contribution in [2.75, 3.05) is 6.61 Å². The van der Waals surface area contributed by atoms with Crippen LogP contribution in [-0.4, -0.2) is 22.2 Å². The fourth-order valence-electron chi connectivity index (χ4n) is 3.55. The lowest BCUT2D eigenvalue weighted by Gasteiger charge is -2.10. The van der Waals surface area contributed by atoms with E-state index in [4.69, 9.17) is 4.74 Å². The Labute approximate surface area is 186 Å². The van der Waals surface area contributed by atoms with E-state index in [0.29, 0.717) is 16.7 Å². The van der Waals surface area contributed by atoms with Gasteiger partial charge in [-0.05, 0) is 93.6 Å². The quantitative estimate of drug-likeness (QED) is 0.528. The number of hydrogen-bond acceptors (Lipinski definition) is 4. The number of aryl methyl sites for hydroxylation is 2. The molecule has 1 saturated heterocycles. The van der Waals surface area contributed by atoms with Crippen LogP contribution in [0.2, 0.25) is 0 Å². The van der Waals surface area contributed by atoms with Gasteiger partial charge in [0.25, 0.3) is 5.91 Å². The molecule has 6 heteroatoms. The van der Waals surface area contributed by atoms with E-state index in [9.17, 15) is 4.79 Å². The van der Waals surface area contributed by atoms with Gasteiger partial charge in [-0.3, -0.25) is 4.79 Å². The van der Waals surface area contributed by atoms with Crippen molar-refractivity contribution in [1.29, 1.82) is 0 Å². The van der Waals surface area contributed by atoms with Crippen molar-refractivity contribution >= 4 is 34.6 Å². The van der Waals surface area contributed by atoms with E-state index in [1.807, 2.05) is 37.3 Å². The highest BCUT2D eigenvalue weighted by Crippen LogP contribution is 2.31. The van der Waals surface area contributed by atoms with Gasteiger partial charge in [0, 0.05) is 17.1 Å². The maximum Gasteiger partial charge on any atom is 0.264 e. The van der Waals surface area contributed by atoms with Crippen molar-refractivity contribution in [3.63, 3.8) is 0 Å². The number of hydrogen-bond donors (Lipinski definition) is 1. The predicted octanol–water partition coefficient (Wildman–Crippen LogP) is 5.69. The fourth-order valence-corrected chi connectivity index (χ4v) is 4.38. The number of aromatic nitrogens is 1. The molecule has 158 valence electrons. The molecule has 0 radical (unpaired) electrons. The van der Waals surface area contributed by atoms with Crippen molar-refractivity contribution in [1.82, 2.24) is 9.88 Å². The van der Waals surface area contributed by atoms with Crippen LogP contribution in [0.4, 0.5) is 5.69 Å². The molecule has 1 amide bonds. The van der Waals surface area contributed by atoms with Crippen molar-refractivity contribution in [2.24, 2.45) is 4.99 Å². The normalized spacial score (nSPS) is 16.2. The van der Waals surface area contributed by atoms with Crippen molar-refractivity contribution < 1.29 is 9.53 Å². The Balaban J connectivity index is 1.57. The maximum absolute atomic E-state index is 12.5. The summed E-state index contributed by atoms with van der Waals surface area (Å²) in [6.07, 6.45) is 1.94. The topological polar surface area (TPSA) is 55.6 Å². The van der Waals surface area contributed by atoms with E-state index in [-0.39, 0.29) is 5.91 Å². The zero-order chi connectivity index (χ0) is 22.0. The largest absolute Gasteiger partial charge is 0.494 e. The molecule has 31 heavy (non-hydrogen) atoms. The molecular formula is C25H25N3O2S. The number of carbonyl (C=O) groups is 1. The highest BCUT2D eigenvalue weighted by Gasteiger charge is 2.24. The molecule has 0 bridgehead atoms. The van der Waals surface area contributed by atoms with Crippen molar-refractivity contribution in [2.45, 2.75) is 27.7 Å². The molecule has 4 rings (SSSR count). The summed E-state index contributed by atoms with van der Waals surface area (Å²) < 4.78 is 7.66. The third-order valence-corrected chi connectivity index (χ3v) is 5.99. The van der Waals surface area contributed by atoms with E-state index in [0.717, 1.165) is 34.1 Å². The van der Waals surface area contributed by atoms with Gasteiger partial charge in [-0.25, -0.2) is 4.99 Å². The summed E-state index contributed by atoms with van der Waals surface area (Å²) in [5.74, 6) is 0.675. The Morgan fingerprint density at radius 2 is 1.77 bits per heavy atom. The van der Waals surface area contributed by atoms with Gasteiger partial charge >= 0.3 is 0 Å². The first-order valence-electron chi connectivity index (χ1n) is 10.2. The number of carbonyl (C=O) groups excluding carboxylic acids is 1. The van der Waals surface area contributed by atoms with E-state index >= 15 is 0 Å². The van der Waals surface area contributed by atoms with E-state index < -0.39 is 0 Å². The third kappa shape index (κ3) is 4.59. The van der Waals surface area contributed by atoms with Crippen molar-refractivity contribution in [3.8, 4) is 11.4 Å². The van der Waals surface area contributed by atoms with Crippen LogP contribution >= 0.6 is 11.8 Å². The number of thioether (sulfide) groups is 1. The van der Waals surface area contributed by atoms with Crippen LogP contribution in [-0.2, 0) is 4.79 Å². The molecule has 1 aromatic heterocycles. The van der Waals surface area contributed by atoms with E-state index in [2.05, 4.69) is 66.0 Å². The van der Waals surface area contributed by atoms with Gasteiger partial charge in [-0.2, -0.15) is 0 Å². The zero-order valence-corrected chi connectivity index (χ0v) is 18.9. The maximum atomic E-state index is 12.5. The molecular weight excluding hydrogens is 406 g/mol. The minimum atomic E-state index is -0.130. The number of ether oxygens (including phenoxy) is 1. The van der Waals surface area contributed by atoms with Crippen LogP contribution in [0, 0.1) is 20.8 Å². The summed E-state index contributed by atoms with van der Waals surface area (Å²) in [4.78, 5) is 17.7. The SMILES string of the molecule is CCOc1ccc(N=C2NC(=O)/C(=C\c3cc(C)n(-c4ccc(C)cc4)c3C)S2)cc1. The molecule has 0 atom stereocenters. The molecule has 0 unspecified atom stereocenters. The zero-order valence-electron chi connectivity index (χ0n) is 18.1. The van der Waals surface area contributed by atoms with Crippen LogP contribution in [0.5, 0.6) is 5.75 Å². The molecule has 1 fully saturated rings. The van der Waals surface area contributed by atoms with Gasteiger partial charge in [0.1, 0.15) is 5.75 Å². The number of aliphatic imine (C=N–C) groups is 1. The summed E-state index contributed by atoms with van der Waals surface area (Å²) in [5.41, 5.74) is 6.36. The summed E-state index contributed by atoms with van der Waals surface area (Å²) in [7, 11) is 0. The second kappa shape index (κ2) is 8.86. The summed E-state index contributed by atoms with van der Waals surface area (Å²) in [6.45, 7) is 8.81. The van der Waals surface area contributed by atoms with Crippen LogP contribution in [0.25, 0.3) is 11.8 Å². The lowest BCUT2D eigenvalue weighted by Crippen LogP contribution is -2.19. The van der Waals surface area contributed by atoms with E-state index in [1.54, 1.807) is 0 Å². The highest BCUT2D eigenvalue weighted by atomic mass is 32.2. The highest BCUT2D eigenvalue weighted by molar-refractivity contribution is 8.18. The smallest absolute Gasteiger partial charge is 0.264 e. The van der Waals surface area contributed by atoms with Crippen LogP contribution in [0.15, 0.2) is 64.5 Å². The van der Waals surface area contributed by atoms with Gasteiger partial charge in [0.15, 0.2) is 5.17 Å². The number of nitrogens with zero attached hydrogens (tertiary/aromatic N) is 2. The first-order valence-corrected chi connectivity index (χ1v) is 11.0. The lowest BCUT2D eigenvalue weighted by molar-refractivity contribution is -0.115. The molecule has 0 aliphatic carbocycles. The average molecular weight is 432 g/mol. The van der Waals surface area contributed by atoms with Gasteiger partial charge in [0.2, 0.25) is 0 Å². The summed E-state index contributed by atoms with van der Waals surface area (Å²) in [5, 5.41) is 3.44. The average Bonchev–Trinajstić information content (AvgIpc) is 3.23. The minimum absolute atomic E-state index is 0.130. The number of rotatable bonds is 5. The second-order valence-corrected chi connectivity index (χ2v) is 8.44. The Bertz CT molecular complexity index is 1170. The van der Waals surface area contributed by atoms with Gasteiger partial charge in [0.05, 0.1) is 17.2 Å². The van der Waals surface area contributed by atoms with Gasteiger partial charge in [-0.1, -0.05) is 17.7 Å². The van der Waals surface area contributed by atoms with E-state index in [1.165, 1.54) is 17.3 Å². The third-order valence-electron chi connectivity index (χ3n) is 5.08. The molecule has 5 nitrogen and oxygen atoms in total. The predicted molar refractivity (Wildman–Crippen MR) is 128 cm³/mol. The molecule has 0 saturated carbocycles. The Kier molecular flexibility index (Phi) is 6.00. The lowest BCUT2D eigenvalue weighted by atomic mass is 10.2. The Hall–Kier alpha value is -3.25. The Morgan fingerprint density at radius 3 is 2.45 bits per heavy atom. The number of amides is 1. The van der Waals surface area contributed by atoms with Crippen LogP contribution in [0.3, 0.4) is 0 Å². The fraction of sp³-hybridized carbons (Fsp3) is 0.200. The molecule has 2 heterocycles. The van der Waals surface area contributed by atoms with Crippen LogP contribution < -0.4 is 10.1 Å². The Morgan fingerprint density at radius 1 is 1.06 bits per heavy atom. The standard InChI is InChI=1S/C25H25N3O2S/c1-5-30-22-12-8-20(9-13-22)26-25-27-24(29)23(31-25)15-19-14-17(3)28(18(19)4)21-10-6-16(2)7-11-21/h6-15H,5H2,1-4H3,(H,26,27,29)/b23-15+. The van der Waals surface area contributed by atoms with Gasteiger partial charge in [-0.15, -0.1) is 0 Å².